The van der Waals surface area contributed by atoms with Crippen molar-refractivity contribution in [3.05, 3.63) is 30.3 Å². The van der Waals surface area contributed by atoms with Crippen molar-refractivity contribution in [1.29, 1.82) is 0 Å². The van der Waals surface area contributed by atoms with E-state index in [-0.39, 0.29) is 11.8 Å². The minimum Gasteiger partial charge on any atom is -0.302 e. The lowest BCUT2D eigenvalue weighted by Crippen LogP contribution is -2.46. The molecule has 0 aromatic heterocycles. The molecule has 1 aromatic carbocycles. The van der Waals surface area contributed by atoms with Crippen LogP contribution in [-0.2, 0) is 10.0 Å². The Labute approximate surface area is 169 Å². The maximum atomic E-state index is 12.9. The fraction of sp³-hybridized carbons (Fsp3) is 0.684. The predicted molar refractivity (Wildman–Crippen MR) is 116 cm³/mol. The van der Waals surface area contributed by atoms with Crippen LogP contribution in [-0.4, -0.2) is 67.1 Å². The maximum absolute atomic E-state index is 12.9. The van der Waals surface area contributed by atoms with Gasteiger partial charge in [-0.1, -0.05) is 24.6 Å². The number of likely N-dealkylation sites (tertiary alicyclic amines) is 1. The van der Waals surface area contributed by atoms with E-state index in [2.05, 4.69) is 29.7 Å². The van der Waals surface area contributed by atoms with Crippen LogP contribution in [0.1, 0.15) is 32.6 Å². The van der Waals surface area contributed by atoms with E-state index >= 15 is 0 Å². The molecule has 0 N–H and O–H groups in total. The number of rotatable bonds is 11. The summed E-state index contributed by atoms with van der Waals surface area (Å²) in [5.41, 5.74) is 0. The van der Waals surface area contributed by atoms with E-state index in [0.29, 0.717) is 18.7 Å². The molecule has 4 nitrogen and oxygen atoms in total. The largest absolute Gasteiger partial charge is 0.302 e. The maximum Gasteiger partial charge on any atom is 0.214 e. The van der Waals surface area contributed by atoms with Crippen molar-refractivity contribution in [2.24, 2.45) is 0 Å². The van der Waals surface area contributed by atoms with Crippen molar-refractivity contribution in [2.45, 2.75) is 43.5 Å². The minimum absolute atomic E-state index is 0.0603. The number of benzene rings is 1. The monoisotopic (exact) mass is 416 g/mol. The van der Waals surface area contributed by atoms with Crippen LogP contribution in [0.25, 0.3) is 0 Å². The lowest BCUT2D eigenvalue weighted by molar-refractivity contribution is 0.205. The number of hydrogen-bond acceptors (Lipinski definition) is 5. The van der Waals surface area contributed by atoms with Crippen molar-refractivity contribution < 1.29 is 8.42 Å². The highest BCUT2D eigenvalue weighted by atomic mass is 32.2. The number of nitrogens with zero attached hydrogens (tertiary/aromatic N) is 2. The van der Waals surface area contributed by atoms with E-state index in [1.807, 2.05) is 25.1 Å². The lowest BCUT2D eigenvalue weighted by atomic mass is 10.1. The molecule has 0 radical (unpaired) electrons. The molecule has 0 bridgehead atoms. The van der Waals surface area contributed by atoms with Gasteiger partial charge in [-0.3, -0.25) is 0 Å². The average Bonchev–Trinajstić information content (AvgIpc) is 2.66. The van der Waals surface area contributed by atoms with Gasteiger partial charge in [-0.2, -0.15) is 16.9 Å². The quantitative estimate of drug-likeness (QED) is 0.340. The number of piperidine rings is 1. The first-order chi connectivity index (χ1) is 12.5. The smallest absolute Gasteiger partial charge is 0.214 e. The third-order valence-corrected chi connectivity index (χ3v) is 8.45. The highest BCUT2D eigenvalue weighted by molar-refractivity contribution is 7.99. The molecule has 1 fully saturated rings. The zero-order valence-corrected chi connectivity index (χ0v) is 18.2. The van der Waals surface area contributed by atoms with E-state index in [9.17, 15) is 8.42 Å². The minimum atomic E-state index is -3.24. The van der Waals surface area contributed by atoms with Crippen LogP contribution >= 0.6 is 24.4 Å². The summed E-state index contributed by atoms with van der Waals surface area (Å²) in [6, 6.07) is 10.1. The van der Waals surface area contributed by atoms with Crippen molar-refractivity contribution in [1.82, 2.24) is 9.21 Å². The molecule has 1 heterocycles. The van der Waals surface area contributed by atoms with Crippen LogP contribution < -0.4 is 0 Å². The molecule has 1 aliphatic heterocycles. The molecule has 0 aliphatic carbocycles. The SMILES string of the molecule is C[C@H](CS)N(CCN1CCCCC1)S(=O)(=O)CCCSc1ccccc1. The van der Waals surface area contributed by atoms with Gasteiger partial charge < -0.3 is 4.90 Å². The van der Waals surface area contributed by atoms with Gasteiger partial charge in [0.2, 0.25) is 10.0 Å². The molecule has 148 valence electrons. The van der Waals surface area contributed by atoms with E-state index in [1.54, 1.807) is 16.1 Å². The van der Waals surface area contributed by atoms with Gasteiger partial charge in [-0.05, 0) is 57.2 Å². The second-order valence-electron chi connectivity index (χ2n) is 6.88. The summed E-state index contributed by atoms with van der Waals surface area (Å²) in [6.07, 6.45) is 4.42. The summed E-state index contributed by atoms with van der Waals surface area (Å²) in [4.78, 5) is 3.58. The zero-order chi connectivity index (χ0) is 18.8. The molecule has 1 aliphatic rings. The summed E-state index contributed by atoms with van der Waals surface area (Å²) >= 11 is 6.06. The van der Waals surface area contributed by atoms with Crippen LogP contribution in [0.2, 0.25) is 0 Å². The third-order valence-electron chi connectivity index (χ3n) is 4.76. The lowest BCUT2D eigenvalue weighted by Gasteiger charge is -2.32. The molecule has 0 amide bonds. The van der Waals surface area contributed by atoms with E-state index < -0.39 is 10.0 Å². The molecule has 0 spiro atoms. The second kappa shape index (κ2) is 11.6. The fourth-order valence-electron chi connectivity index (χ4n) is 3.21. The molecule has 0 saturated carbocycles. The topological polar surface area (TPSA) is 40.6 Å². The molecule has 2 rings (SSSR count). The molecule has 7 heteroatoms. The van der Waals surface area contributed by atoms with Crippen LogP contribution in [0.15, 0.2) is 35.2 Å². The number of hydrogen-bond donors (Lipinski definition) is 1. The zero-order valence-electron chi connectivity index (χ0n) is 15.7. The first kappa shape index (κ1) is 22.1. The standard InChI is InChI=1S/C19H32N2O2S3/c1-18(17-24)21(14-13-20-11-6-3-7-12-20)26(22,23)16-8-15-25-19-9-4-2-5-10-19/h2,4-5,9-10,18,24H,3,6-8,11-17H2,1H3/t18-/m1/s1. The third kappa shape index (κ3) is 7.43. The Morgan fingerprint density at radius 2 is 1.88 bits per heavy atom. The molecule has 26 heavy (non-hydrogen) atoms. The molecule has 1 saturated heterocycles. The van der Waals surface area contributed by atoms with Gasteiger partial charge in [0.1, 0.15) is 0 Å². The highest BCUT2D eigenvalue weighted by Crippen LogP contribution is 2.19. The molecule has 1 aromatic rings. The number of thiol groups is 1. The first-order valence-corrected chi connectivity index (χ1v) is 12.8. The van der Waals surface area contributed by atoms with Crippen molar-refractivity contribution in [3.63, 3.8) is 0 Å². The van der Waals surface area contributed by atoms with Gasteiger partial charge in [-0.15, -0.1) is 11.8 Å². The normalized spacial score (nSPS) is 17.5. The molecular weight excluding hydrogens is 384 g/mol. The van der Waals surface area contributed by atoms with E-state index in [1.165, 1.54) is 24.2 Å². The van der Waals surface area contributed by atoms with Crippen LogP contribution in [0, 0.1) is 0 Å². The van der Waals surface area contributed by atoms with Crippen LogP contribution in [0.5, 0.6) is 0 Å². The van der Waals surface area contributed by atoms with Crippen molar-refractivity contribution >= 4 is 34.4 Å². The Kier molecular flexibility index (Phi) is 9.85. The Morgan fingerprint density at radius 1 is 1.19 bits per heavy atom. The summed E-state index contributed by atoms with van der Waals surface area (Å²) in [5.74, 6) is 1.58. The summed E-state index contributed by atoms with van der Waals surface area (Å²) in [7, 11) is -3.24. The van der Waals surface area contributed by atoms with E-state index in [0.717, 1.165) is 25.4 Å². The summed E-state index contributed by atoms with van der Waals surface area (Å²) in [5, 5.41) is 0. The fourth-order valence-corrected chi connectivity index (χ4v) is 6.30. The van der Waals surface area contributed by atoms with Crippen LogP contribution in [0.3, 0.4) is 0 Å². The van der Waals surface area contributed by atoms with E-state index in [4.69, 9.17) is 0 Å². The average molecular weight is 417 g/mol. The van der Waals surface area contributed by atoms with Gasteiger partial charge in [0.15, 0.2) is 0 Å². The molecule has 1 atom stereocenters. The van der Waals surface area contributed by atoms with Crippen molar-refractivity contribution in [2.75, 3.05) is 43.4 Å². The summed E-state index contributed by atoms with van der Waals surface area (Å²) in [6.45, 7) is 5.55. The number of sulfonamides is 1. The van der Waals surface area contributed by atoms with Gasteiger partial charge in [0.05, 0.1) is 5.75 Å². The van der Waals surface area contributed by atoms with Gasteiger partial charge in [0.25, 0.3) is 0 Å². The predicted octanol–water partition coefficient (Wildman–Crippen LogP) is 3.60. The first-order valence-electron chi connectivity index (χ1n) is 9.53. The van der Waals surface area contributed by atoms with Gasteiger partial charge in [0, 0.05) is 29.8 Å². The summed E-state index contributed by atoms with van der Waals surface area (Å²) < 4.78 is 27.4. The number of thioether (sulfide) groups is 1. The Hall–Kier alpha value is -0.210. The Balaban J connectivity index is 1.83. The molecular formula is C19H32N2O2S3. The van der Waals surface area contributed by atoms with Gasteiger partial charge in [-0.25, -0.2) is 8.42 Å². The Morgan fingerprint density at radius 3 is 2.54 bits per heavy atom. The second-order valence-corrected chi connectivity index (χ2v) is 10.5. The molecule has 0 unspecified atom stereocenters. The van der Waals surface area contributed by atoms with Gasteiger partial charge >= 0.3 is 0 Å². The Bertz CT molecular complexity index is 604. The highest BCUT2D eigenvalue weighted by Gasteiger charge is 2.26. The van der Waals surface area contributed by atoms with Crippen LogP contribution in [0.4, 0.5) is 0 Å². The van der Waals surface area contributed by atoms with Crippen molar-refractivity contribution in [3.8, 4) is 0 Å².